The molecule has 8 heteroatoms. The monoisotopic (exact) mass is 325 g/mol. The first-order valence-electron chi connectivity index (χ1n) is 7.34. The maximum atomic E-state index is 12.0. The number of likely N-dealkylation sites (N-methyl/N-ethyl adjacent to an activating group) is 1. The maximum Gasteiger partial charge on any atom is 0.549 e. The Labute approximate surface area is 132 Å². The van der Waals surface area contributed by atoms with Crippen molar-refractivity contribution < 1.29 is 33.3 Å². The second kappa shape index (κ2) is 7.57. The number of benzene rings is 1. The highest BCUT2D eigenvalue weighted by molar-refractivity contribution is 5.71. The summed E-state index contributed by atoms with van der Waals surface area (Å²) in [4.78, 5) is 33.2. The van der Waals surface area contributed by atoms with Gasteiger partial charge in [0.25, 0.3) is 0 Å². The second-order valence-corrected chi connectivity index (χ2v) is 4.90. The van der Waals surface area contributed by atoms with Crippen LogP contribution in [0.2, 0.25) is 0 Å². The summed E-state index contributed by atoms with van der Waals surface area (Å²) in [6.07, 6.45) is -1.22. The minimum Gasteiger partial charge on any atom is -0.432 e. The molecular weight excluding hydrogens is 306 g/mol. The Hall–Kier alpha value is -2.64. The van der Waals surface area contributed by atoms with Gasteiger partial charge in [-0.05, 0) is 44.9 Å². The second-order valence-electron chi connectivity index (χ2n) is 4.90. The zero-order valence-electron chi connectivity index (χ0n) is 13.2. The summed E-state index contributed by atoms with van der Waals surface area (Å²) in [5.41, 5.74) is 2.35. The van der Waals surface area contributed by atoms with Gasteiger partial charge in [-0.3, -0.25) is 9.15 Å². The summed E-state index contributed by atoms with van der Waals surface area (Å²) in [6.45, 7) is 5.82. The quantitative estimate of drug-likeness (QED) is 0.472. The fourth-order valence-electron chi connectivity index (χ4n) is 2.20. The zero-order chi connectivity index (χ0) is 16.8. The van der Waals surface area contributed by atoms with E-state index in [1.54, 1.807) is 19.9 Å². The molecule has 0 saturated heterocycles. The average Bonchev–Trinajstić information content (AvgIpc) is 2.49. The summed E-state index contributed by atoms with van der Waals surface area (Å²) in [7, 11) is 0. The molecule has 0 radical (unpaired) electrons. The third-order valence-corrected chi connectivity index (χ3v) is 3.31. The number of carbonyl (C=O) groups excluding carboxylic acids is 2. The van der Waals surface area contributed by atoms with E-state index in [1.165, 1.54) is 4.90 Å². The Kier molecular flexibility index (Phi) is 5.51. The van der Waals surface area contributed by atoms with Gasteiger partial charge in [0, 0.05) is 12.6 Å². The van der Waals surface area contributed by atoms with E-state index in [0.717, 1.165) is 5.56 Å². The molecule has 0 bridgehead atoms. The van der Waals surface area contributed by atoms with Crippen molar-refractivity contribution in [2.45, 2.75) is 33.2 Å². The van der Waals surface area contributed by atoms with E-state index in [0.29, 0.717) is 24.1 Å². The molecule has 2 rings (SSSR count). The molecule has 2 aromatic rings. The summed E-state index contributed by atoms with van der Waals surface area (Å²) in [5, 5.41) is 0. The van der Waals surface area contributed by atoms with Gasteiger partial charge in [0.1, 0.15) is 0 Å². The molecule has 0 saturated carbocycles. The fourth-order valence-corrected chi connectivity index (χ4v) is 2.20. The Balaban J connectivity index is 1.91. The number of carbonyl (C=O) groups is 2. The topological polar surface area (TPSA) is 91.4 Å². The minimum absolute atomic E-state index is 0.133. The van der Waals surface area contributed by atoms with Crippen LogP contribution in [-0.2, 0) is 20.9 Å². The molecule has 1 aromatic carbocycles. The molecule has 1 unspecified atom stereocenters. The molecule has 126 valence electrons. The molecule has 1 heterocycles. The first kappa shape index (κ1) is 16.7. The largest absolute Gasteiger partial charge is 0.549 e. The standard InChI is InChI=1S/C15H19NO7/c1-4-16(14(17)22-23-15(18)19-5-2)10(3)8-11-6-7-12-13(9-11)21-20-12/h6-7,9-10H,4-5,8H2,1-3H3. The number of nitrogens with zero attached hydrogens (tertiary/aromatic N) is 1. The Bertz CT molecular complexity index is 660. The predicted molar refractivity (Wildman–Crippen MR) is 78.6 cm³/mol. The van der Waals surface area contributed by atoms with Gasteiger partial charge in [-0.1, -0.05) is 6.07 Å². The Morgan fingerprint density at radius 1 is 1.17 bits per heavy atom. The molecule has 0 aliphatic carbocycles. The highest BCUT2D eigenvalue weighted by Crippen LogP contribution is 2.21. The van der Waals surface area contributed by atoms with Gasteiger partial charge in [-0.25, -0.2) is 14.6 Å². The highest BCUT2D eigenvalue weighted by Gasteiger charge is 2.23. The summed E-state index contributed by atoms with van der Waals surface area (Å²) >= 11 is 0. The molecule has 1 atom stereocenters. The van der Waals surface area contributed by atoms with Crippen LogP contribution in [-0.4, -0.2) is 36.3 Å². The van der Waals surface area contributed by atoms with Crippen molar-refractivity contribution in [2.24, 2.45) is 0 Å². The van der Waals surface area contributed by atoms with Crippen molar-refractivity contribution >= 4 is 23.4 Å². The first-order chi connectivity index (χ1) is 11.0. The molecule has 8 nitrogen and oxygen atoms in total. The number of hydrogen-bond acceptors (Lipinski definition) is 7. The Morgan fingerprint density at radius 2 is 1.91 bits per heavy atom. The van der Waals surface area contributed by atoms with Gasteiger partial charge in [-0.15, -0.1) is 0 Å². The SMILES string of the molecule is CCOC(=O)OOC(=O)N(CC)C(C)Cc1ccc2ooc2c1. The number of rotatable bonds is 5. The van der Waals surface area contributed by atoms with Crippen LogP contribution in [0.4, 0.5) is 9.59 Å². The molecule has 0 fully saturated rings. The Morgan fingerprint density at radius 3 is 2.48 bits per heavy atom. The van der Waals surface area contributed by atoms with Crippen LogP contribution in [0.15, 0.2) is 27.4 Å². The van der Waals surface area contributed by atoms with E-state index in [9.17, 15) is 9.59 Å². The van der Waals surface area contributed by atoms with Gasteiger partial charge in [-0.2, -0.15) is 4.79 Å². The minimum atomic E-state index is -1.05. The fraction of sp³-hybridized carbons (Fsp3) is 0.467. The summed E-state index contributed by atoms with van der Waals surface area (Å²) in [6, 6.07) is 5.38. The maximum absolute atomic E-state index is 12.0. The average molecular weight is 325 g/mol. The summed E-state index contributed by atoms with van der Waals surface area (Å²) in [5.74, 6) is 0. The van der Waals surface area contributed by atoms with Crippen molar-refractivity contribution in [3.8, 4) is 0 Å². The van der Waals surface area contributed by atoms with Crippen LogP contribution in [0.3, 0.4) is 0 Å². The van der Waals surface area contributed by atoms with E-state index in [4.69, 9.17) is 9.15 Å². The van der Waals surface area contributed by atoms with Crippen molar-refractivity contribution in [3.63, 3.8) is 0 Å². The highest BCUT2D eigenvalue weighted by atomic mass is 17.2. The van der Waals surface area contributed by atoms with Gasteiger partial charge in [0.05, 0.1) is 6.61 Å². The normalized spacial score (nSPS) is 12.0. The van der Waals surface area contributed by atoms with Crippen molar-refractivity contribution in [1.29, 1.82) is 0 Å². The number of ether oxygens (including phenoxy) is 1. The molecular formula is C15H19NO7. The molecule has 1 aromatic heterocycles. The molecule has 0 aliphatic heterocycles. The first-order valence-corrected chi connectivity index (χ1v) is 7.34. The van der Waals surface area contributed by atoms with Crippen LogP contribution < -0.4 is 0 Å². The number of hydrogen-bond donors (Lipinski definition) is 0. The van der Waals surface area contributed by atoms with E-state index >= 15 is 0 Å². The van der Waals surface area contributed by atoms with Crippen molar-refractivity contribution in [1.82, 2.24) is 4.90 Å². The smallest absolute Gasteiger partial charge is 0.432 e. The van der Waals surface area contributed by atoms with Crippen molar-refractivity contribution in [2.75, 3.05) is 13.2 Å². The zero-order valence-corrected chi connectivity index (χ0v) is 13.2. The van der Waals surface area contributed by atoms with E-state index in [2.05, 4.69) is 14.5 Å². The van der Waals surface area contributed by atoms with Crippen LogP contribution >= 0.6 is 0 Å². The molecule has 0 aliphatic rings. The lowest BCUT2D eigenvalue weighted by atomic mass is 10.1. The molecule has 23 heavy (non-hydrogen) atoms. The van der Waals surface area contributed by atoms with E-state index in [-0.39, 0.29) is 12.6 Å². The van der Waals surface area contributed by atoms with Gasteiger partial charge in [0.15, 0.2) is 0 Å². The predicted octanol–water partition coefficient (Wildman–Crippen LogP) is 3.50. The lowest BCUT2D eigenvalue weighted by molar-refractivity contribution is -0.208. The van der Waals surface area contributed by atoms with Crippen LogP contribution in [0.25, 0.3) is 11.2 Å². The third-order valence-electron chi connectivity index (χ3n) is 3.31. The van der Waals surface area contributed by atoms with Crippen molar-refractivity contribution in [3.05, 3.63) is 23.8 Å². The van der Waals surface area contributed by atoms with E-state index < -0.39 is 12.2 Å². The van der Waals surface area contributed by atoms with E-state index in [1.807, 2.05) is 19.1 Å². The van der Waals surface area contributed by atoms with Gasteiger partial charge < -0.3 is 9.64 Å². The van der Waals surface area contributed by atoms with Gasteiger partial charge >= 0.3 is 12.2 Å². The van der Waals surface area contributed by atoms with Gasteiger partial charge in [0.2, 0.25) is 11.2 Å². The van der Waals surface area contributed by atoms with Crippen LogP contribution in [0, 0.1) is 0 Å². The van der Waals surface area contributed by atoms with Crippen LogP contribution in [0.5, 0.6) is 0 Å². The lowest BCUT2D eigenvalue weighted by Crippen LogP contribution is -2.40. The molecule has 0 spiro atoms. The molecule has 0 N–H and O–H groups in total. The molecule has 1 amide bonds. The number of amides is 1. The summed E-state index contributed by atoms with van der Waals surface area (Å²) < 4.78 is 14.1. The number of fused-ring (bicyclic) bond motifs is 1. The third kappa shape index (κ3) is 4.18. The van der Waals surface area contributed by atoms with Crippen LogP contribution in [0.1, 0.15) is 26.3 Å². The lowest BCUT2D eigenvalue weighted by Gasteiger charge is -2.26.